The van der Waals surface area contributed by atoms with E-state index in [2.05, 4.69) is 6.92 Å². The maximum absolute atomic E-state index is 5.68. The molecule has 0 aliphatic rings. The zero-order chi connectivity index (χ0) is 12.5. The Morgan fingerprint density at radius 1 is 0.824 bits per heavy atom. The van der Waals surface area contributed by atoms with Gasteiger partial charge < -0.3 is 14.2 Å². The minimum absolute atomic E-state index is 0.746. The van der Waals surface area contributed by atoms with Crippen LogP contribution in [0.1, 0.15) is 32.6 Å². The van der Waals surface area contributed by atoms with E-state index in [0.717, 1.165) is 30.3 Å². The highest BCUT2D eigenvalue weighted by molar-refractivity contribution is 5.41. The maximum Gasteiger partial charge on any atom is 0.126 e. The normalized spacial score (nSPS) is 10.1. The first-order valence-electron chi connectivity index (χ1n) is 6.16. The van der Waals surface area contributed by atoms with Crippen molar-refractivity contribution in [3.8, 4) is 17.2 Å². The molecule has 0 heterocycles. The van der Waals surface area contributed by atoms with Gasteiger partial charge in [0.25, 0.3) is 0 Å². The van der Waals surface area contributed by atoms with Crippen LogP contribution in [0.3, 0.4) is 0 Å². The second kappa shape index (κ2) is 7.82. The summed E-state index contributed by atoms with van der Waals surface area (Å²) in [6.45, 7) is 2.95. The van der Waals surface area contributed by atoms with Crippen LogP contribution in [0.15, 0.2) is 18.2 Å². The lowest BCUT2D eigenvalue weighted by Gasteiger charge is -2.10. The molecule has 3 nitrogen and oxygen atoms in total. The molecule has 0 aliphatic carbocycles. The third-order valence-corrected chi connectivity index (χ3v) is 2.59. The number of hydrogen-bond donors (Lipinski definition) is 0. The van der Waals surface area contributed by atoms with Crippen LogP contribution in [0.25, 0.3) is 0 Å². The van der Waals surface area contributed by atoms with Crippen LogP contribution < -0.4 is 14.2 Å². The monoisotopic (exact) mass is 238 g/mol. The third-order valence-electron chi connectivity index (χ3n) is 2.59. The molecule has 0 bridgehead atoms. The second-order valence-corrected chi connectivity index (χ2v) is 3.96. The molecule has 0 aromatic heterocycles. The zero-order valence-corrected chi connectivity index (χ0v) is 11.0. The van der Waals surface area contributed by atoms with Crippen molar-refractivity contribution in [3.63, 3.8) is 0 Å². The Morgan fingerprint density at radius 2 is 1.41 bits per heavy atom. The summed E-state index contributed by atoms with van der Waals surface area (Å²) in [5, 5.41) is 0. The van der Waals surface area contributed by atoms with E-state index in [9.17, 15) is 0 Å². The molecule has 0 atom stereocenters. The quantitative estimate of drug-likeness (QED) is 0.647. The Bertz CT molecular complexity index is 301. The summed E-state index contributed by atoms with van der Waals surface area (Å²) >= 11 is 0. The molecule has 1 rings (SSSR count). The molecule has 0 amide bonds. The summed E-state index contributed by atoms with van der Waals surface area (Å²) in [4.78, 5) is 0. The van der Waals surface area contributed by atoms with Crippen LogP contribution in [0.2, 0.25) is 0 Å². The van der Waals surface area contributed by atoms with Crippen molar-refractivity contribution < 1.29 is 14.2 Å². The van der Waals surface area contributed by atoms with Crippen molar-refractivity contribution in [2.45, 2.75) is 32.6 Å². The SMILES string of the molecule is CCCCCCOc1cc(OC)cc(OC)c1. The van der Waals surface area contributed by atoms with E-state index in [1.807, 2.05) is 18.2 Å². The lowest BCUT2D eigenvalue weighted by atomic mass is 10.2. The lowest BCUT2D eigenvalue weighted by Crippen LogP contribution is -1.98. The minimum Gasteiger partial charge on any atom is -0.496 e. The molecule has 1 aromatic carbocycles. The van der Waals surface area contributed by atoms with Crippen molar-refractivity contribution in [3.05, 3.63) is 18.2 Å². The summed E-state index contributed by atoms with van der Waals surface area (Å²) in [7, 11) is 3.28. The van der Waals surface area contributed by atoms with Gasteiger partial charge in [0.2, 0.25) is 0 Å². The van der Waals surface area contributed by atoms with Crippen LogP contribution in [-0.4, -0.2) is 20.8 Å². The topological polar surface area (TPSA) is 27.7 Å². The molecule has 0 N–H and O–H groups in total. The molecule has 0 spiro atoms. The number of benzene rings is 1. The highest BCUT2D eigenvalue weighted by Gasteiger charge is 2.02. The minimum atomic E-state index is 0.746. The summed E-state index contributed by atoms with van der Waals surface area (Å²) in [6.07, 6.45) is 4.82. The molecule has 0 fully saturated rings. The zero-order valence-electron chi connectivity index (χ0n) is 11.0. The average Bonchev–Trinajstić information content (AvgIpc) is 2.38. The van der Waals surface area contributed by atoms with E-state index in [1.54, 1.807) is 14.2 Å². The second-order valence-electron chi connectivity index (χ2n) is 3.96. The van der Waals surface area contributed by atoms with Gasteiger partial charge >= 0.3 is 0 Å². The Labute approximate surface area is 104 Å². The maximum atomic E-state index is 5.68. The number of methoxy groups -OCH3 is 2. The first-order chi connectivity index (χ1) is 8.30. The molecule has 0 radical (unpaired) electrons. The predicted molar refractivity (Wildman–Crippen MR) is 69.2 cm³/mol. The van der Waals surface area contributed by atoms with Crippen molar-refractivity contribution in [2.75, 3.05) is 20.8 Å². The fourth-order valence-electron chi connectivity index (χ4n) is 1.58. The first kappa shape index (κ1) is 13.7. The standard InChI is InChI=1S/C14H22O3/c1-4-5-6-7-8-17-14-10-12(15-2)9-13(11-14)16-3/h9-11H,4-8H2,1-3H3. The van der Waals surface area contributed by atoms with Crippen LogP contribution >= 0.6 is 0 Å². The molecule has 1 aromatic rings. The average molecular weight is 238 g/mol. The summed E-state index contributed by atoms with van der Waals surface area (Å²) < 4.78 is 16.0. The van der Waals surface area contributed by atoms with Crippen molar-refractivity contribution >= 4 is 0 Å². The number of hydrogen-bond acceptors (Lipinski definition) is 3. The Balaban J connectivity index is 2.46. The number of unbranched alkanes of at least 4 members (excludes halogenated alkanes) is 3. The summed E-state index contributed by atoms with van der Waals surface area (Å²) in [5.74, 6) is 2.32. The Hall–Kier alpha value is -1.38. The van der Waals surface area contributed by atoms with Crippen molar-refractivity contribution in [2.24, 2.45) is 0 Å². The number of rotatable bonds is 8. The third kappa shape index (κ3) is 4.98. The molecule has 3 heteroatoms. The van der Waals surface area contributed by atoms with Gasteiger partial charge in [0.15, 0.2) is 0 Å². The van der Waals surface area contributed by atoms with E-state index >= 15 is 0 Å². The smallest absolute Gasteiger partial charge is 0.126 e. The van der Waals surface area contributed by atoms with Crippen LogP contribution in [0, 0.1) is 0 Å². The van der Waals surface area contributed by atoms with E-state index in [4.69, 9.17) is 14.2 Å². The molecular formula is C14H22O3. The molecule has 0 saturated heterocycles. The van der Waals surface area contributed by atoms with Gasteiger partial charge in [-0.25, -0.2) is 0 Å². The van der Waals surface area contributed by atoms with Gasteiger partial charge in [-0.2, -0.15) is 0 Å². The van der Waals surface area contributed by atoms with Crippen LogP contribution in [0.5, 0.6) is 17.2 Å². The molecule has 0 aliphatic heterocycles. The molecule has 17 heavy (non-hydrogen) atoms. The van der Waals surface area contributed by atoms with Crippen molar-refractivity contribution in [1.82, 2.24) is 0 Å². The van der Waals surface area contributed by atoms with Crippen molar-refractivity contribution in [1.29, 1.82) is 0 Å². The lowest BCUT2D eigenvalue weighted by molar-refractivity contribution is 0.300. The number of ether oxygens (including phenoxy) is 3. The van der Waals surface area contributed by atoms with Gasteiger partial charge in [0.05, 0.1) is 20.8 Å². The highest BCUT2D eigenvalue weighted by Crippen LogP contribution is 2.27. The highest BCUT2D eigenvalue weighted by atomic mass is 16.5. The summed E-state index contributed by atoms with van der Waals surface area (Å²) in [5.41, 5.74) is 0. The van der Waals surface area contributed by atoms with Gasteiger partial charge in [-0.1, -0.05) is 26.2 Å². The van der Waals surface area contributed by atoms with Gasteiger partial charge in [-0.05, 0) is 6.42 Å². The molecule has 96 valence electrons. The van der Waals surface area contributed by atoms with Crippen LogP contribution in [0.4, 0.5) is 0 Å². The van der Waals surface area contributed by atoms with Gasteiger partial charge in [0, 0.05) is 18.2 Å². The fraction of sp³-hybridized carbons (Fsp3) is 0.571. The van der Waals surface area contributed by atoms with Crippen LogP contribution in [-0.2, 0) is 0 Å². The van der Waals surface area contributed by atoms with Gasteiger partial charge in [-0.15, -0.1) is 0 Å². The Morgan fingerprint density at radius 3 is 1.94 bits per heavy atom. The molecule has 0 unspecified atom stereocenters. The van der Waals surface area contributed by atoms with E-state index < -0.39 is 0 Å². The van der Waals surface area contributed by atoms with E-state index in [0.29, 0.717) is 0 Å². The summed E-state index contributed by atoms with van der Waals surface area (Å²) in [6, 6.07) is 5.59. The predicted octanol–water partition coefficient (Wildman–Crippen LogP) is 3.66. The largest absolute Gasteiger partial charge is 0.496 e. The Kier molecular flexibility index (Phi) is 6.30. The molecular weight excluding hydrogens is 216 g/mol. The fourth-order valence-corrected chi connectivity index (χ4v) is 1.58. The van der Waals surface area contributed by atoms with Gasteiger partial charge in [-0.3, -0.25) is 0 Å². The van der Waals surface area contributed by atoms with Gasteiger partial charge in [0.1, 0.15) is 17.2 Å². The van der Waals surface area contributed by atoms with E-state index in [1.165, 1.54) is 19.3 Å². The van der Waals surface area contributed by atoms with E-state index in [-0.39, 0.29) is 0 Å². The molecule has 0 saturated carbocycles. The first-order valence-corrected chi connectivity index (χ1v) is 6.16.